The summed E-state index contributed by atoms with van der Waals surface area (Å²) in [5.41, 5.74) is 7.48. The van der Waals surface area contributed by atoms with Gasteiger partial charge in [-0.25, -0.2) is 10.2 Å². The van der Waals surface area contributed by atoms with Crippen molar-refractivity contribution in [3.8, 4) is 11.5 Å². The third kappa shape index (κ3) is 6.73. The number of carbonyl (C=O) groups excluding carboxylic acids is 4. The van der Waals surface area contributed by atoms with E-state index in [0.717, 1.165) is 0 Å². The first-order chi connectivity index (χ1) is 17.7. The zero-order valence-electron chi connectivity index (χ0n) is 19.2. The van der Waals surface area contributed by atoms with E-state index in [1.54, 1.807) is 0 Å². The Bertz CT molecular complexity index is 1400. The van der Waals surface area contributed by atoms with Gasteiger partial charge in [-0.05, 0) is 54.1 Å². The topological polar surface area (TPSA) is 192 Å². The van der Waals surface area contributed by atoms with Crippen LogP contribution in [0.15, 0.2) is 71.8 Å². The van der Waals surface area contributed by atoms with Gasteiger partial charge in [-0.3, -0.25) is 24.5 Å². The van der Waals surface area contributed by atoms with Crippen LogP contribution in [0.4, 0.5) is 11.4 Å². The van der Waals surface area contributed by atoms with E-state index >= 15 is 0 Å². The lowest BCUT2D eigenvalue weighted by Gasteiger charge is -2.10. The third-order valence-electron chi connectivity index (χ3n) is 4.72. The molecule has 3 aromatic rings. The Morgan fingerprint density at radius 2 is 1.68 bits per heavy atom. The summed E-state index contributed by atoms with van der Waals surface area (Å²) in [6.07, 6.45) is 1.21. The number of amides is 3. The highest BCUT2D eigenvalue weighted by Gasteiger charge is 2.22. The Morgan fingerprint density at radius 3 is 2.32 bits per heavy atom. The van der Waals surface area contributed by atoms with E-state index in [1.165, 1.54) is 80.1 Å². The van der Waals surface area contributed by atoms with E-state index < -0.39 is 34.3 Å². The highest BCUT2D eigenvalue weighted by molar-refractivity contribution is 6.39. The summed E-state index contributed by atoms with van der Waals surface area (Å²) in [7, 11) is 1.32. The minimum atomic E-state index is -1.06. The number of rotatable bonds is 8. The summed E-state index contributed by atoms with van der Waals surface area (Å²) in [6.45, 7) is 0. The molecule has 0 aliphatic heterocycles. The lowest BCUT2D eigenvalue weighted by molar-refractivity contribution is -0.385. The fraction of sp³-hybridized carbons (Fsp3) is 0.0417. The second kappa shape index (κ2) is 11.7. The van der Waals surface area contributed by atoms with Crippen molar-refractivity contribution < 1.29 is 33.6 Å². The minimum Gasteiger partial charge on any atom is -0.493 e. The second-order valence-electron chi connectivity index (χ2n) is 7.17. The molecule has 0 bridgehead atoms. The van der Waals surface area contributed by atoms with E-state index in [2.05, 4.69) is 15.8 Å². The highest BCUT2D eigenvalue weighted by Crippen LogP contribution is 2.29. The molecule has 3 aromatic carbocycles. The summed E-state index contributed by atoms with van der Waals surface area (Å²) >= 11 is 0. The van der Waals surface area contributed by atoms with Gasteiger partial charge in [-0.1, -0.05) is 12.1 Å². The Balaban J connectivity index is 1.62. The molecular weight excluding hydrogens is 486 g/mol. The number of nitrogens with two attached hydrogens (primary N) is 1. The van der Waals surface area contributed by atoms with E-state index in [9.17, 15) is 29.3 Å². The molecule has 0 unspecified atom stereocenters. The van der Waals surface area contributed by atoms with Gasteiger partial charge in [0.15, 0.2) is 11.5 Å². The van der Waals surface area contributed by atoms with Crippen LogP contribution in [0.2, 0.25) is 0 Å². The van der Waals surface area contributed by atoms with E-state index in [0.29, 0.717) is 5.56 Å². The maximum absolute atomic E-state index is 12.5. The van der Waals surface area contributed by atoms with Gasteiger partial charge in [0.2, 0.25) is 5.91 Å². The van der Waals surface area contributed by atoms with Crippen LogP contribution in [-0.4, -0.2) is 41.9 Å². The van der Waals surface area contributed by atoms with Crippen LogP contribution in [0.5, 0.6) is 11.5 Å². The Kier molecular flexibility index (Phi) is 8.23. The molecule has 0 saturated carbocycles. The third-order valence-corrected chi connectivity index (χ3v) is 4.72. The van der Waals surface area contributed by atoms with Gasteiger partial charge in [0.05, 0.1) is 18.2 Å². The number of nitro groups is 1. The maximum Gasteiger partial charge on any atom is 0.350 e. The molecule has 13 nitrogen and oxygen atoms in total. The van der Waals surface area contributed by atoms with Gasteiger partial charge in [-0.15, -0.1) is 0 Å². The smallest absolute Gasteiger partial charge is 0.350 e. The molecule has 0 radical (unpaired) electrons. The summed E-state index contributed by atoms with van der Waals surface area (Å²) in [5, 5.41) is 17.2. The molecule has 0 aromatic heterocycles. The molecule has 0 aliphatic carbocycles. The summed E-state index contributed by atoms with van der Waals surface area (Å²) in [4.78, 5) is 58.0. The molecule has 0 atom stereocenters. The van der Waals surface area contributed by atoms with E-state index in [4.69, 9.17) is 15.2 Å². The number of hydrazone groups is 1. The highest BCUT2D eigenvalue weighted by atomic mass is 16.6. The predicted molar refractivity (Wildman–Crippen MR) is 130 cm³/mol. The number of nitro benzene ring substituents is 1. The first kappa shape index (κ1) is 26.0. The zero-order valence-corrected chi connectivity index (χ0v) is 19.2. The number of ether oxygens (including phenoxy) is 2. The molecule has 188 valence electrons. The first-order valence-electron chi connectivity index (χ1n) is 10.4. The van der Waals surface area contributed by atoms with E-state index in [1.807, 2.05) is 0 Å². The molecule has 3 rings (SSSR count). The van der Waals surface area contributed by atoms with Gasteiger partial charge in [-0.2, -0.15) is 5.10 Å². The van der Waals surface area contributed by atoms with Gasteiger partial charge >= 0.3 is 17.8 Å². The molecule has 0 heterocycles. The maximum atomic E-state index is 12.5. The number of para-hydroxylation sites is 1. The lowest BCUT2D eigenvalue weighted by atomic mass is 10.2. The largest absolute Gasteiger partial charge is 0.493 e. The van der Waals surface area contributed by atoms with E-state index in [-0.39, 0.29) is 28.3 Å². The molecule has 3 amide bonds. The number of primary amides is 1. The molecule has 0 saturated heterocycles. The lowest BCUT2D eigenvalue weighted by Crippen LogP contribution is -2.32. The van der Waals surface area contributed by atoms with Crippen molar-refractivity contribution in [1.29, 1.82) is 0 Å². The van der Waals surface area contributed by atoms with Crippen molar-refractivity contribution in [2.45, 2.75) is 0 Å². The molecule has 0 fully saturated rings. The molecular formula is C24H19N5O8. The fourth-order valence-electron chi connectivity index (χ4n) is 2.93. The second-order valence-corrected chi connectivity index (χ2v) is 7.17. The number of nitrogens with zero attached hydrogens (tertiary/aromatic N) is 2. The van der Waals surface area contributed by atoms with Crippen LogP contribution in [0.3, 0.4) is 0 Å². The number of carbonyl (C=O) groups is 4. The van der Waals surface area contributed by atoms with Crippen molar-refractivity contribution in [1.82, 2.24) is 5.43 Å². The van der Waals surface area contributed by atoms with Crippen LogP contribution in [0.25, 0.3) is 0 Å². The molecule has 0 aliphatic rings. The Morgan fingerprint density at radius 1 is 0.973 bits per heavy atom. The number of esters is 1. The van der Waals surface area contributed by atoms with Gasteiger partial charge < -0.3 is 20.5 Å². The van der Waals surface area contributed by atoms with Crippen LogP contribution < -0.4 is 25.9 Å². The average Bonchev–Trinajstić information content (AvgIpc) is 2.89. The number of nitrogens with one attached hydrogen (secondary N) is 2. The standard InChI is InChI=1S/C24H19N5O8/c1-36-20-12-14(6-11-19(20)37-24(33)17-4-2-3-5-18(17)29(34)35)13-26-28-23(32)22(31)27-16-9-7-15(8-10-16)21(25)30/h2-13H,1H3,(H2,25,30)(H,27,31)(H,28,32)/b26-13+. The monoisotopic (exact) mass is 505 g/mol. The quantitative estimate of drug-likeness (QED) is 0.103. The number of hydrogen-bond acceptors (Lipinski definition) is 9. The molecule has 4 N–H and O–H groups in total. The predicted octanol–water partition coefficient (Wildman–Crippen LogP) is 2.01. The zero-order chi connectivity index (χ0) is 26.9. The van der Waals surface area contributed by atoms with Crippen molar-refractivity contribution in [3.63, 3.8) is 0 Å². The molecule has 0 spiro atoms. The normalized spacial score (nSPS) is 10.4. The van der Waals surface area contributed by atoms with Gasteiger partial charge in [0.25, 0.3) is 5.69 Å². The summed E-state index contributed by atoms with van der Waals surface area (Å²) in [5.74, 6) is -3.54. The molecule has 37 heavy (non-hydrogen) atoms. The summed E-state index contributed by atoms with van der Waals surface area (Å²) < 4.78 is 10.5. The number of benzene rings is 3. The average molecular weight is 505 g/mol. The summed E-state index contributed by atoms with van der Waals surface area (Å²) in [6, 6.07) is 15.2. The van der Waals surface area contributed by atoms with Crippen LogP contribution in [0, 0.1) is 10.1 Å². The van der Waals surface area contributed by atoms with Gasteiger partial charge in [0, 0.05) is 17.3 Å². The van der Waals surface area contributed by atoms with Crippen molar-refractivity contribution in [2.24, 2.45) is 10.8 Å². The SMILES string of the molecule is COc1cc(/C=N/NC(=O)C(=O)Nc2ccc(C(N)=O)cc2)ccc1OC(=O)c1ccccc1[N+](=O)[O-]. The Labute approximate surface area is 209 Å². The number of anilines is 1. The van der Waals surface area contributed by atoms with Crippen LogP contribution in [0.1, 0.15) is 26.3 Å². The Hall–Kier alpha value is -5.59. The minimum absolute atomic E-state index is 0.00596. The van der Waals surface area contributed by atoms with Crippen LogP contribution >= 0.6 is 0 Å². The van der Waals surface area contributed by atoms with Gasteiger partial charge in [0.1, 0.15) is 5.56 Å². The number of hydrogen-bond donors (Lipinski definition) is 3. The van der Waals surface area contributed by atoms with Crippen LogP contribution in [-0.2, 0) is 9.59 Å². The van der Waals surface area contributed by atoms with Crippen molar-refractivity contribution >= 4 is 41.3 Å². The molecule has 13 heteroatoms. The van der Waals surface area contributed by atoms with Crippen molar-refractivity contribution in [2.75, 3.05) is 12.4 Å². The van der Waals surface area contributed by atoms with Crippen molar-refractivity contribution in [3.05, 3.63) is 93.5 Å². The number of methoxy groups -OCH3 is 1. The first-order valence-corrected chi connectivity index (χ1v) is 10.4. The fourth-order valence-corrected chi connectivity index (χ4v) is 2.93.